The monoisotopic (exact) mass is 393 g/mol. The van der Waals surface area contributed by atoms with E-state index in [0.29, 0.717) is 16.6 Å². The Morgan fingerprint density at radius 1 is 1.13 bits per heavy atom. The molecule has 7 heteroatoms. The number of halogens is 1. The number of hydrogen-bond donors (Lipinski definition) is 2. The number of anilines is 1. The van der Waals surface area contributed by atoms with Crippen LogP contribution in [0.2, 0.25) is 0 Å². The van der Waals surface area contributed by atoms with Crippen LogP contribution >= 0.6 is 28.1 Å². The highest BCUT2D eigenvalue weighted by atomic mass is 79.9. The predicted octanol–water partition coefficient (Wildman–Crippen LogP) is 3.79. The van der Waals surface area contributed by atoms with Crippen molar-refractivity contribution in [2.24, 2.45) is 5.10 Å². The van der Waals surface area contributed by atoms with Crippen LogP contribution in [0.3, 0.4) is 0 Å². The maximum Gasteiger partial charge on any atom is 0.191 e. The standard InChI is InChI=1S/C16H16BrN3O2S/c1-21-14-7-6-13(9-15(14)22-2)19-16(23)20-18-10-11-4-3-5-12(17)8-11/h3-10H,1-2H3,(H2,19,20,23). The second kappa shape index (κ2) is 8.50. The lowest BCUT2D eigenvalue weighted by atomic mass is 10.2. The quantitative estimate of drug-likeness (QED) is 0.459. The summed E-state index contributed by atoms with van der Waals surface area (Å²) in [5, 5.41) is 7.51. The third kappa shape index (κ3) is 5.22. The van der Waals surface area contributed by atoms with E-state index in [1.807, 2.05) is 30.3 Å². The molecule has 0 amide bonds. The van der Waals surface area contributed by atoms with Crippen LogP contribution in [0.5, 0.6) is 11.5 Å². The summed E-state index contributed by atoms with van der Waals surface area (Å²) in [5.41, 5.74) is 4.50. The molecule has 0 saturated carbocycles. The zero-order chi connectivity index (χ0) is 16.7. The maximum absolute atomic E-state index is 5.25. The van der Waals surface area contributed by atoms with Crippen LogP contribution in [0, 0.1) is 0 Å². The maximum atomic E-state index is 5.25. The van der Waals surface area contributed by atoms with Gasteiger partial charge in [0.25, 0.3) is 0 Å². The number of benzene rings is 2. The van der Waals surface area contributed by atoms with Gasteiger partial charge in [-0.2, -0.15) is 5.10 Å². The summed E-state index contributed by atoms with van der Waals surface area (Å²) in [6.45, 7) is 0. The summed E-state index contributed by atoms with van der Waals surface area (Å²) < 4.78 is 11.4. The van der Waals surface area contributed by atoms with Crippen LogP contribution in [0.1, 0.15) is 5.56 Å². The molecule has 2 aromatic carbocycles. The third-order valence-corrected chi connectivity index (χ3v) is 3.56. The van der Waals surface area contributed by atoms with E-state index < -0.39 is 0 Å². The molecule has 0 aliphatic rings. The number of hydrogen-bond acceptors (Lipinski definition) is 4. The minimum Gasteiger partial charge on any atom is -0.493 e. The number of rotatable bonds is 5. The highest BCUT2D eigenvalue weighted by Crippen LogP contribution is 2.29. The van der Waals surface area contributed by atoms with Gasteiger partial charge in [-0.3, -0.25) is 5.43 Å². The van der Waals surface area contributed by atoms with Crippen LogP contribution < -0.4 is 20.2 Å². The molecule has 0 aliphatic carbocycles. The second-order valence-corrected chi connectivity index (χ2v) is 5.77. The average molecular weight is 394 g/mol. The fourth-order valence-electron chi connectivity index (χ4n) is 1.83. The average Bonchev–Trinajstić information content (AvgIpc) is 2.54. The molecule has 23 heavy (non-hydrogen) atoms. The second-order valence-electron chi connectivity index (χ2n) is 4.45. The van der Waals surface area contributed by atoms with Crippen molar-refractivity contribution >= 4 is 45.2 Å². The molecule has 0 heterocycles. The first-order chi connectivity index (χ1) is 11.1. The molecular formula is C16H16BrN3O2S. The van der Waals surface area contributed by atoms with Crippen LogP contribution in [0.25, 0.3) is 0 Å². The molecule has 0 aromatic heterocycles. The van der Waals surface area contributed by atoms with Crippen LogP contribution in [0.4, 0.5) is 5.69 Å². The number of methoxy groups -OCH3 is 2. The molecule has 0 unspecified atom stereocenters. The molecule has 120 valence electrons. The fraction of sp³-hybridized carbons (Fsp3) is 0.125. The Labute approximate surface area is 148 Å². The SMILES string of the molecule is COc1ccc(NC(=S)NN=Cc2cccc(Br)c2)cc1OC. The van der Waals surface area contributed by atoms with Gasteiger partial charge in [-0.1, -0.05) is 28.1 Å². The molecule has 0 fully saturated rings. The predicted molar refractivity (Wildman–Crippen MR) is 101 cm³/mol. The highest BCUT2D eigenvalue weighted by molar-refractivity contribution is 9.10. The minimum atomic E-state index is 0.378. The number of hydrazone groups is 1. The summed E-state index contributed by atoms with van der Waals surface area (Å²) in [5.74, 6) is 1.28. The zero-order valence-corrected chi connectivity index (χ0v) is 15.1. The number of ether oxygens (including phenoxy) is 2. The van der Waals surface area contributed by atoms with Gasteiger partial charge >= 0.3 is 0 Å². The molecule has 5 nitrogen and oxygen atoms in total. The number of thiocarbonyl (C=S) groups is 1. The van der Waals surface area contributed by atoms with E-state index in [2.05, 4.69) is 31.8 Å². The lowest BCUT2D eigenvalue weighted by Crippen LogP contribution is -2.23. The lowest BCUT2D eigenvalue weighted by molar-refractivity contribution is 0.355. The normalized spacial score (nSPS) is 10.4. The fourth-order valence-corrected chi connectivity index (χ4v) is 2.41. The third-order valence-electron chi connectivity index (χ3n) is 2.87. The smallest absolute Gasteiger partial charge is 0.191 e. The molecule has 0 saturated heterocycles. The van der Waals surface area contributed by atoms with Crippen molar-refractivity contribution in [2.45, 2.75) is 0 Å². The van der Waals surface area contributed by atoms with Crippen LogP contribution in [-0.4, -0.2) is 25.5 Å². The van der Waals surface area contributed by atoms with E-state index in [1.165, 1.54) is 0 Å². The molecule has 2 rings (SSSR count). The highest BCUT2D eigenvalue weighted by Gasteiger charge is 2.05. The van der Waals surface area contributed by atoms with Crippen molar-refractivity contribution in [3.8, 4) is 11.5 Å². The molecule has 0 spiro atoms. The lowest BCUT2D eigenvalue weighted by Gasteiger charge is -2.11. The molecular weight excluding hydrogens is 378 g/mol. The minimum absolute atomic E-state index is 0.378. The van der Waals surface area contributed by atoms with Gasteiger partial charge in [-0.25, -0.2) is 0 Å². The number of nitrogens with one attached hydrogen (secondary N) is 2. The van der Waals surface area contributed by atoms with Gasteiger partial charge in [-0.15, -0.1) is 0 Å². The molecule has 0 bridgehead atoms. The molecule has 2 aromatic rings. The van der Waals surface area contributed by atoms with Crippen molar-refractivity contribution in [1.82, 2.24) is 5.43 Å². The van der Waals surface area contributed by atoms with Gasteiger partial charge < -0.3 is 14.8 Å². The summed E-state index contributed by atoms with van der Waals surface area (Å²) in [4.78, 5) is 0. The van der Waals surface area contributed by atoms with E-state index in [4.69, 9.17) is 21.7 Å². The largest absolute Gasteiger partial charge is 0.493 e. The van der Waals surface area contributed by atoms with Crippen molar-refractivity contribution in [3.05, 3.63) is 52.5 Å². The first kappa shape index (κ1) is 17.2. The van der Waals surface area contributed by atoms with Gasteiger partial charge in [0, 0.05) is 16.2 Å². The Bertz CT molecular complexity index is 722. The zero-order valence-electron chi connectivity index (χ0n) is 12.7. The van der Waals surface area contributed by atoms with E-state index in [0.717, 1.165) is 15.7 Å². The molecule has 0 radical (unpaired) electrons. The van der Waals surface area contributed by atoms with Gasteiger partial charge in [0.15, 0.2) is 16.6 Å². The summed E-state index contributed by atoms with van der Waals surface area (Å²) in [6, 6.07) is 13.2. The Morgan fingerprint density at radius 3 is 2.61 bits per heavy atom. The van der Waals surface area contributed by atoms with E-state index in [9.17, 15) is 0 Å². The first-order valence-corrected chi connectivity index (χ1v) is 7.90. The first-order valence-electron chi connectivity index (χ1n) is 6.70. The van der Waals surface area contributed by atoms with Crippen molar-refractivity contribution < 1.29 is 9.47 Å². The summed E-state index contributed by atoms with van der Waals surface area (Å²) >= 11 is 8.61. The molecule has 0 aliphatic heterocycles. The molecule has 2 N–H and O–H groups in total. The van der Waals surface area contributed by atoms with E-state index in [1.54, 1.807) is 32.6 Å². The van der Waals surface area contributed by atoms with Gasteiger partial charge in [0.2, 0.25) is 0 Å². The molecule has 0 atom stereocenters. The van der Waals surface area contributed by atoms with Crippen molar-refractivity contribution in [3.63, 3.8) is 0 Å². The van der Waals surface area contributed by atoms with Gasteiger partial charge in [-0.05, 0) is 42.0 Å². The Balaban J connectivity index is 1.94. The van der Waals surface area contributed by atoms with E-state index in [-0.39, 0.29) is 0 Å². The van der Waals surface area contributed by atoms with Crippen molar-refractivity contribution in [2.75, 3.05) is 19.5 Å². The topological polar surface area (TPSA) is 54.9 Å². The van der Waals surface area contributed by atoms with Gasteiger partial charge in [0.1, 0.15) is 0 Å². The summed E-state index contributed by atoms with van der Waals surface area (Å²) in [6.07, 6.45) is 1.69. The Morgan fingerprint density at radius 2 is 1.91 bits per heavy atom. The Kier molecular flexibility index (Phi) is 6.37. The Hall–Kier alpha value is -2.12. The van der Waals surface area contributed by atoms with E-state index >= 15 is 0 Å². The number of nitrogens with zero attached hydrogens (tertiary/aromatic N) is 1. The van der Waals surface area contributed by atoms with Crippen LogP contribution in [-0.2, 0) is 0 Å². The summed E-state index contributed by atoms with van der Waals surface area (Å²) in [7, 11) is 3.17. The van der Waals surface area contributed by atoms with Crippen molar-refractivity contribution in [1.29, 1.82) is 0 Å². The van der Waals surface area contributed by atoms with Crippen LogP contribution in [0.15, 0.2) is 52.0 Å². The van der Waals surface area contributed by atoms with Gasteiger partial charge in [0.05, 0.1) is 20.4 Å².